The quantitative estimate of drug-likeness (QED) is 0.186. The molecule has 44 heavy (non-hydrogen) atoms. The van der Waals surface area contributed by atoms with E-state index in [9.17, 15) is 0 Å². The molecule has 0 unspecified atom stereocenters. The van der Waals surface area contributed by atoms with E-state index in [0.717, 1.165) is 18.7 Å². The first kappa shape index (κ1) is 32.1. The summed E-state index contributed by atoms with van der Waals surface area (Å²) < 4.78 is 26.2. The number of methoxy groups -OCH3 is 1. The van der Waals surface area contributed by atoms with Crippen molar-refractivity contribution < 1.29 is 18.6 Å². The van der Waals surface area contributed by atoms with Gasteiger partial charge in [-0.1, -0.05) is 124 Å². The molecule has 3 atom stereocenters. The lowest BCUT2D eigenvalue weighted by Gasteiger charge is -2.43. The molecule has 0 aromatic heterocycles. The molecule has 1 fully saturated rings. The minimum absolute atomic E-state index is 0.0156. The van der Waals surface area contributed by atoms with Crippen molar-refractivity contribution in [1.82, 2.24) is 5.32 Å². The summed E-state index contributed by atoms with van der Waals surface area (Å²) in [5, 5.41) is 6.21. The highest BCUT2D eigenvalue weighted by Gasteiger charge is 2.52. The Labute approximate surface area is 264 Å². The third-order valence-corrected chi connectivity index (χ3v) is 13.5. The number of hydrogen-bond acceptors (Lipinski definition) is 5. The zero-order chi connectivity index (χ0) is 31.2. The first-order chi connectivity index (χ1) is 21.1. The molecule has 0 amide bonds. The van der Waals surface area contributed by atoms with Crippen LogP contribution in [0.3, 0.4) is 0 Å². The van der Waals surface area contributed by atoms with E-state index in [0.29, 0.717) is 6.61 Å². The second-order valence-corrected chi connectivity index (χ2v) is 17.4. The minimum atomic E-state index is -2.75. The van der Waals surface area contributed by atoms with E-state index in [4.69, 9.17) is 18.6 Å². The van der Waals surface area contributed by atoms with Crippen molar-refractivity contribution in [2.24, 2.45) is 0 Å². The van der Waals surface area contributed by atoms with Gasteiger partial charge in [0.25, 0.3) is 8.32 Å². The zero-order valence-electron chi connectivity index (χ0n) is 27.0. The minimum Gasteiger partial charge on any atom is -0.497 e. The van der Waals surface area contributed by atoms with Gasteiger partial charge < -0.3 is 24.0 Å². The lowest BCUT2D eigenvalue weighted by molar-refractivity contribution is -0.150. The van der Waals surface area contributed by atoms with Crippen molar-refractivity contribution in [3.63, 3.8) is 0 Å². The van der Waals surface area contributed by atoms with Crippen molar-refractivity contribution in [2.45, 2.75) is 76.7 Å². The summed E-state index contributed by atoms with van der Waals surface area (Å²) in [5.74, 6) is 0.109. The van der Waals surface area contributed by atoms with E-state index in [1.54, 1.807) is 7.11 Å². The first-order valence-corrected chi connectivity index (χ1v) is 17.5. The molecule has 1 aliphatic rings. The molecular formula is C38H47NO4Si. The lowest BCUT2D eigenvalue weighted by Crippen LogP contribution is -2.67. The van der Waals surface area contributed by atoms with E-state index in [-0.39, 0.29) is 23.3 Å². The molecule has 0 aliphatic carbocycles. The summed E-state index contributed by atoms with van der Waals surface area (Å²) in [6, 6.07) is 40.3. The smallest absolute Gasteiger partial charge is 0.261 e. The van der Waals surface area contributed by atoms with E-state index in [1.165, 1.54) is 21.5 Å². The highest BCUT2D eigenvalue weighted by Crippen LogP contribution is 2.38. The number of ether oxygens (including phenoxy) is 3. The Morgan fingerprint density at radius 2 is 1.30 bits per heavy atom. The van der Waals surface area contributed by atoms with Crippen molar-refractivity contribution >= 4 is 18.7 Å². The van der Waals surface area contributed by atoms with Crippen LogP contribution < -0.4 is 20.4 Å². The molecular weight excluding hydrogens is 563 g/mol. The fourth-order valence-corrected chi connectivity index (χ4v) is 11.0. The van der Waals surface area contributed by atoms with E-state index >= 15 is 0 Å². The fraction of sp³-hybridized carbons (Fsp3) is 0.368. The second-order valence-electron chi connectivity index (χ2n) is 13.1. The van der Waals surface area contributed by atoms with Crippen molar-refractivity contribution in [3.8, 4) is 5.75 Å². The number of rotatable bonds is 12. The van der Waals surface area contributed by atoms with E-state index in [2.05, 4.69) is 123 Å². The van der Waals surface area contributed by atoms with Gasteiger partial charge in [-0.05, 0) is 58.9 Å². The molecule has 6 heteroatoms. The number of hydrogen-bond donors (Lipinski definition) is 1. The Kier molecular flexibility index (Phi) is 10.1. The van der Waals surface area contributed by atoms with Crippen molar-refractivity contribution in [3.05, 3.63) is 126 Å². The summed E-state index contributed by atoms with van der Waals surface area (Å²) >= 11 is 0. The average molecular weight is 610 g/mol. The zero-order valence-corrected chi connectivity index (χ0v) is 28.0. The summed E-state index contributed by atoms with van der Waals surface area (Å²) in [4.78, 5) is 0. The molecule has 4 aromatic rings. The van der Waals surface area contributed by atoms with Crippen LogP contribution in [0.1, 0.15) is 45.7 Å². The molecule has 1 heterocycles. The first-order valence-electron chi connectivity index (χ1n) is 15.6. The van der Waals surface area contributed by atoms with Crippen LogP contribution in [-0.4, -0.2) is 46.1 Å². The predicted molar refractivity (Wildman–Crippen MR) is 181 cm³/mol. The summed E-state index contributed by atoms with van der Waals surface area (Å²) in [5.41, 5.74) is 2.43. The predicted octanol–water partition coefficient (Wildman–Crippen LogP) is 6.49. The number of nitrogens with one attached hydrogen (secondary N) is 1. The van der Waals surface area contributed by atoms with Gasteiger partial charge >= 0.3 is 0 Å². The van der Waals surface area contributed by atoms with Crippen LogP contribution in [0.2, 0.25) is 5.04 Å². The molecule has 0 saturated carbocycles. The van der Waals surface area contributed by atoms with Crippen LogP contribution in [-0.2, 0) is 26.9 Å². The Bertz CT molecular complexity index is 1400. The maximum Gasteiger partial charge on any atom is 0.261 e. The van der Waals surface area contributed by atoms with Gasteiger partial charge in [0.15, 0.2) is 5.79 Å². The Morgan fingerprint density at radius 1 is 0.750 bits per heavy atom. The Balaban J connectivity index is 1.47. The van der Waals surface area contributed by atoms with Gasteiger partial charge in [0.2, 0.25) is 0 Å². The molecule has 1 aliphatic heterocycles. The number of benzene rings is 4. The fourth-order valence-electron chi connectivity index (χ4n) is 6.47. The van der Waals surface area contributed by atoms with Crippen LogP contribution in [0, 0.1) is 0 Å². The van der Waals surface area contributed by atoms with Gasteiger partial charge in [0, 0.05) is 12.6 Å². The Morgan fingerprint density at radius 3 is 1.82 bits per heavy atom. The monoisotopic (exact) mass is 609 g/mol. The summed E-state index contributed by atoms with van der Waals surface area (Å²) in [7, 11) is -1.06. The van der Waals surface area contributed by atoms with Crippen molar-refractivity contribution in [1.29, 1.82) is 0 Å². The second kappa shape index (κ2) is 13.8. The molecule has 0 bridgehead atoms. The molecule has 0 spiro atoms. The third kappa shape index (κ3) is 7.33. The van der Waals surface area contributed by atoms with Crippen LogP contribution in [0.4, 0.5) is 0 Å². The van der Waals surface area contributed by atoms with E-state index < -0.39 is 14.1 Å². The molecule has 0 radical (unpaired) electrons. The van der Waals surface area contributed by atoms with Gasteiger partial charge in [0.05, 0.1) is 13.7 Å². The standard InChI is InChI=1S/C38H47NO4Si/c1-37(2,3)44(32-18-12-8-13-19-32,33-20-14-9-15-21-33)41-28-35-36(43-38(4,5)42-35)34(39-27-30-16-10-7-11-17-30)26-29-22-24-31(40-6)25-23-29/h7-25,34-36,39H,26-28H2,1-6H3/t34-,35+,36+/m1/s1. The molecule has 4 aromatic carbocycles. The van der Waals surface area contributed by atoms with Gasteiger partial charge in [-0.3, -0.25) is 0 Å². The van der Waals surface area contributed by atoms with Crippen LogP contribution >= 0.6 is 0 Å². The molecule has 5 rings (SSSR count). The van der Waals surface area contributed by atoms with Crippen LogP contribution in [0.15, 0.2) is 115 Å². The Hall–Kier alpha value is -3.26. The van der Waals surface area contributed by atoms with Gasteiger partial charge in [-0.2, -0.15) is 0 Å². The molecule has 232 valence electrons. The molecule has 1 N–H and O–H groups in total. The normalized spacial score (nSPS) is 19.0. The highest BCUT2D eigenvalue weighted by atomic mass is 28.4. The molecule has 5 nitrogen and oxygen atoms in total. The molecule has 1 saturated heterocycles. The SMILES string of the molecule is COc1ccc(C[C@@H](NCc2ccccc2)[C@@H]2OC(C)(C)O[C@H]2CO[Si](c2ccccc2)(c2ccccc2)C(C)(C)C)cc1. The van der Waals surface area contributed by atoms with Gasteiger partial charge in [-0.15, -0.1) is 0 Å². The van der Waals surface area contributed by atoms with Gasteiger partial charge in [0.1, 0.15) is 18.0 Å². The van der Waals surface area contributed by atoms with Crippen LogP contribution in [0.25, 0.3) is 0 Å². The highest BCUT2D eigenvalue weighted by molar-refractivity contribution is 6.99. The largest absolute Gasteiger partial charge is 0.497 e. The summed E-state index contributed by atoms with van der Waals surface area (Å²) in [6.45, 7) is 12.1. The average Bonchev–Trinajstić information content (AvgIpc) is 3.34. The van der Waals surface area contributed by atoms with E-state index in [1.807, 2.05) is 32.0 Å². The van der Waals surface area contributed by atoms with Crippen molar-refractivity contribution in [2.75, 3.05) is 13.7 Å². The summed E-state index contributed by atoms with van der Waals surface area (Å²) in [6.07, 6.45) is 0.281. The maximum absolute atomic E-state index is 7.36. The topological polar surface area (TPSA) is 49.0 Å². The third-order valence-electron chi connectivity index (χ3n) is 8.52. The van der Waals surface area contributed by atoms with Gasteiger partial charge in [-0.25, -0.2) is 0 Å². The lowest BCUT2D eigenvalue weighted by atomic mass is 9.97. The maximum atomic E-state index is 7.36. The van der Waals surface area contributed by atoms with Crippen LogP contribution in [0.5, 0.6) is 5.75 Å².